The van der Waals surface area contributed by atoms with E-state index < -0.39 is 48.0 Å². The Kier molecular flexibility index (Phi) is 4.09. The summed E-state index contributed by atoms with van der Waals surface area (Å²) in [4.78, 5) is 0. The molecule has 1 aliphatic rings. The lowest BCUT2D eigenvalue weighted by atomic mass is 9.77. The number of benzene rings is 1. The van der Waals surface area contributed by atoms with Crippen LogP contribution in [-0.2, 0) is 22.1 Å². The molecule has 2 rings (SSSR count). The molecule has 0 amide bonds. The number of alkyl halides is 3. The predicted octanol–water partition coefficient (Wildman–Crippen LogP) is 2.64. The zero-order valence-electron chi connectivity index (χ0n) is 12.7. The van der Waals surface area contributed by atoms with E-state index in [2.05, 4.69) is 0 Å². The molecular formula is C14H17BF4O3. The van der Waals surface area contributed by atoms with Crippen LogP contribution < -0.4 is 5.46 Å². The van der Waals surface area contributed by atoms with Crippen LogP contribution in [0.5, 0.6) is 0 Å². The van der Waals surface area contributed by atoms with Gasteiger partial charge in [-0.1, -0.05) is 6.07 Å². The highest BCUT2D eigenvalue weighted by Crippen LogP contribution is 2.38. The minimum absolute atomic E-state index is 0.157. The van der Waals surface area contributed by atoms with Gasteiger partial charge in [-0.05, 0) is 33.8 Å². The second kappa shape index (κ2) is 5.21. The molecule has 1 N–H and O–H groups in total. The van der Waals surface area contributed by atoms with Crippen LogP contribution in [0.15, 0.2) is 12.1 Å². The highest BCUT2D eigenvalue weighted by atomic mass is 19.4. The first kappa shape index (κ1) is 17.2. The van der Waals surface area contributed by atoms with E-state index in [9.17, 15) is 17.6 Å². The zero-order chi connectivity index (χ0) is 16.9. The van der Waals surface area contributed by atoms with Crippen molar-refractivity contribution in [2.24, 2.45) is 0 Å². The quantitative estimate of drug-likeness (QED) is 0.673. The minimum Gasteiger partial charge on any atom is -0.399 e. The van der Waals surface area contributed by atoms with Gasteiger partial charge in [0.15, 0.2) is 0 Å². The molecule has 0 spiro atoms. The highest BCUT2D eigenvalue weighted by molar-refractivity contribution is 6.62. The first-order valence-corrected chi connectivity index (χ1v) is 6.75. The summed E-state index contributed by atoms with van der Waals surface area (Å²) in [5.41, 5.74) is -3.65. The number of halogens is 4. The van der Waals surface area contributed by atoms with Crippen molar-refractivity contribution in [1.29, 1.82) is 0 Å². The van der Waals surface area contributed by atoms with Gasteiger partial charge in [0.25, 0.3) is 0 Å². The van der Waals surface area contributed by atoms with Gasteiger partial charge >= 0.3 is 13.3 Å². The summed E-state index contributed by atoms with van der Waals surface area (Å²) in [6.45, 7) is 5.95. The molecule has 0 atom stereocenters. The molecule has 0 bridgehead atoms. The molecule has 0 aliphatic carbocycles. The first-order chi connectivity index (χ1) is 9.90. The molecule has 122 valence electrons. The standard InChI is InChI=1S/C14H17BF4O3/c1-12(2)13(3,4)22-15(21-12)10-6-5-9(14(17,18)19)8(7-20)11(10)16/h5-6,20H,7H2,1-4H3. The first-order valence-electron chi connectivity index (χ1n) is 6.75. The van der Waals surface area contributed by atoms with E-state index in [1.807, 2.05) is 0 Å². The van der Waals surface area contributed by atoms with Crippen LogP contribution in [-0.4, -0.2) is 23.4 Å². The smallest absolute Gasteiger partial charge is 0.399 e. The van der Waals surface area contributed by atoms with E-state index in [4.69, 9.17) is 14.4 Å². The molecule has 1 aromatic carbocycles. The average molecular weight is 320 g/mol. The van der Waals surface area contributed by atoms with E-state index in [0.717, 1.165) is 12.1 Å². The van der Waals surface area contributed by atoms with Gasteiger partial charge in [-0.25, -0.2) is 4.39 Å². The number of rotatable bonds is 2. The number of aliphatic hydroxyl groups is 1. The van der Waals surface area contributed by atoms with Gasteiger partial charge in [-0.2, -0.15) is 13.2 Å². The molecule has 1 aliphatic heterocycles. The average Bonchev–Trinajstić information content (AvgIpc) is 2.56. The zero-order valence-corrected chi connectivity index (χ0v) is 12.7. The summed E-state index contributed by atoms with van der Waals surface area (Å²) in [7, 11) is -1.13. The fraction of sp³-hybridized carbons (Fsp3) is 0.571. The van der Waals surface area contributed by atoms with Crippen LogP contribution >= 0.6 is 0 Å². The topological polar surface area (TPSA) is 38.7 Å². The molecular weight excluding hydrogens is 303 g/mol. The lowest BCUT2D eigenvalue weighted by Crippen LogP contribution is -2.41. The van der Waals surface area contributed by atoms with E-state index in [1.165, 1.54) is 0 Å². The van der Waals surface area contributed by atoms with E-state index in [1.54, 1.807) is 27.7 Å². The van der Waals surface area contributed by atoms with E-state index >= 15 is 0 Å². The lowest BCUT2D eigenvalue weighted by Gasteiger charge is -2.32. The maximum atomic E-state index is 14.4. The van der Waals surface area contributed by atoms with Gasteiger partial charge in [0, 0.05) is 11.0 Å². The molecule has 1 aromatic rings. The molecule has 8 heteroatoms. The molecule has 0 aromatic heterocycles. The van der Waals surface area contributed by atoms with Crippen LogP contribution in [0.1, 0.15) is 38.8 Å². The molecule has 0 unspecified atom stereocenters. The van der Waals surface area contributed by atoms with Crippen LogP contribution in [0.4, 0.5) is 17.6 Å². The van der Waals surface area contributed by atoms with Crippen molar-refractivity contribution in [3.63, 3.8) is 0 Å². The summed E-state index contributed by atoms with van der Waals surface area (Å²) >= 11 is 0. The molecule has 0 radical (unpaired) electrons. The third-order valence-electron chi connectivity index (χ3n) is 4.24. The molecule has 1 heterocycles. The normalized spacial score (nSPS) is 20.5. The number of hydrogen-bond acceptors (Lipinski definition) is 3. The fourth-order valence-corrected chi connectivity index (χ4v) is 2.21. The Labute approximate surface area is 126 Å². The van der Waals surface area contributed by atoms with Crippen molar-refractivity contribution in [3.05, 3.63) is 29.1 Å². The van der Waals surface area contributed by atoms with Crippen molar-refractivity contribution in [3.8, 4) is 0 Å². The van der Waals surface area contributed by atoms with Crippen molar-refractivity contribution >= 4 is 12.6 Å². The van der Waals surface area contributed by atoms with Crippen molar-refractivity contribution in [2.75, 3.05) is 0 Å². The molecule has 3 nitrogen and oxygen atoms in total. The van der Waals surface area contributed by atoms with Crippen molar-refractivity contribution in [1.82, 2.24) is 0 Å². The summed E-state index contributed by atoms with van der Waals surface area (Å²) < 4.78 is 64.2. The van der Waals surface area contributed by atoms with Crippen LogP contribution in [0.2, 0.25) is 0 Å². The summed E-state index contributed by atoms with van der Waals surface area (Å²) in [6, 6.07) is 1.72. The highest BCUT2D eigenvalue weighted by Gasteiger charge is 2.53. The molecule has 1 saturated heterocycles. The van der Waals surface area contributed by atoms with Gasteiger partial charge in [-0.15, -0.1) is 0 Å². The lowest BCUT2D eigenvalue weighted by molar-refractivity contribution is -0.138. The van der Waals surface area contributed by atoms with Crippen LogP contribution in [0, 0.1) is 5.82 Å². The van der Waals surface area contributed by atoms with E-state index in [0.29, 0.717) is 0 Å². The SMILES string of the molecule is CC1(C)OB(c2ccc(C(F)(F)F)c(CO)c2F)OC1(C)C. The minimum atomic E-state index is -4.74. The molecule has 1 fully saturated rings. The largest absolute Gasteiger partial charge is 0.497 e. The maximum Gasteiger partial charge on any atom is 0.497 e. The second-order valence-electron chi connectivity index (χ2n) is 6.24. The summed E-state index contributed by atoms with van der Waals surface area (Å²) in [5, 5.41) is 9.11. The van der Waals surface area contributed by atoms with Gasteiger partial charge in [0.1, 0.15) is 5.82 Å². The van der Waals surface area contributed by atoms with Crippen LogP contribution in [0.25, 0.3) is 0 Å². The van der Waals surface area contributed by atoms with Gasteiger partial charge in [-0.3, -0.25) is 0 Å². The fourth-order valence-electron chi connectivity index (χ4n) is 2.21. The van der Waals surface area contributed by atoms with Gasteiger partial charge < -0.3 is 14.4 Å². The summed E-state index contributed by atoms with van der Waals surface area (Å²) in [6.07, 6.45) is -4.74. The summed E-state index contributed by atoms with van der Waals surface area (Å²) in [5.74, 6) is -1.16. The molecule has 22 heavy (non-hydrogen) atoms. The maximum absolute atomic E-state index is 14.4. The van der Waals surface area contributed by atoms with Gasteiger partial charge in [0.05, 0.1) is 23.4 Å². The van der Waals surface area contributed by atoms with Crippen LogP contribution in [0.3, 0.4) is 0 Å². The Morgan fingerprint density at radius 2 is 1.59 bits per heavy atom. The second-order valence-corrected chi connectivity index (χ2v) is 6.24. The third-order valence-corrected chi connectivity index (χ3v) is 4.24. The Balaban J connectivity index is 2.47. The molecule has 0 saturated carbocycles. The Bertz CT molecular complexity index is 568. The third kappa shape index (κ3) is 2.75. The van der Waals surface area contributed by atoms with Gasteiger partial charge in [0.2, 0.25) is 0 Å². The van der Waals surface area contributed by atoms with E-state index in [-0.39, 0.29) is 5.46 Å². The monoisotopic (exact) mass is 320 g/mol. The Morgan fingerprint density at radius 1 is 1.09 bits per heavy atom. The Hall–Kier alpha value is -1.12. The Morgan fingerprint density at radius 3 is 2.00 bits per heavy atom. The van der Waals surface area contributed by atoms with Crippen molar-refractivity contribution < 1.29 is 32.0 Å². The predicted molar refractivity (Wildman–Crippen MR) is 73.0 cm³/mol. The number of aliphatic hydroxyl groups excluding tert-OH is 1. The van der Waals surface area contributed by atoms with Crippen molar-refractivity contribution in [2.45, 2.75) is 51.7 Å². The number of hydrogen-bond donors (Lipinski definition) is 1.